The first-order chi connectivity index (χ1) is 5.83. The van der Waals surface area contributed by atoms with Crippen molar-refractivity contribution in [2.45, 2.75) is 25.7 Å². The van der Waals surface area contributed by atoms with Crippen molar-refractivity contribution in [2.24, 2.45) is 0 Å². The Balaban J connectivity index is 2.52. The van der Waals surface area contributed by atoms with Crippen molar-refractivity contribution >= 4 is 6.29 Å². The molecule has 0 spiro atoms. The van der Waals surface area contributed by atoms with Gasteiger partial charge in [0, 0.05) is 5.92 Å². The SMILES string of the molecule is Cc1cccc2c1CCC2C=O. The van der Waals surface area contributed by atoms with Crippen LogP contribution in [0, 0.1) is 6.92 Å². The van der Waals surface area contributed by atoms with Gasteiger partial charge in [-0.3, -0.25) is 0 Å². The first-order valence-corrected chi connectivity index (χ1v) is 4.36. The Morgan fingerprint density at radius 3 is 3.08 bits per heavy atom. The zero-order valence-electron chi connectivity index (χ0n) is 7.21. The summed E-state index contributed by atoms with van der Waals surface area (Å²) in [5.74, 6) is 0.167. The summed E-state index contributed by atoms with van der Waals surface area (Å²) in [5.41, 5.74) is 3.98. The van der Waals surface area contributed by atoms with Crippen LogP contribution in [0.2, 0.25) is 0 Å². The van der Waals surface area contributed by atoms with Crippen molar-refractivity contribution in [3.05, 3.63) is 34.9 Å². The van der Waals surface area contributed by atoms with E-state index in [1.807, 2.05) is 6.07 Å². The van der Waals surface area contributed by atoms with Crippen LogP contribution in [-0.2, 0) is 11.2 Å². The quantitative estimate of drug-likeness (QED) is 0.576. The normalized spacial score (nSPS) is 20.6. The lowest BCUT2D eigenvalue weighted by molar-refractivity contribution is -0.109. The molecule has 12 heavy (non-hydrogen) atoms. The molecule has 1 aliphatic carbocycles. The van der Waals surface area contributed by atoms with E-state index in [0.717, 1.165) is 19.1 Å². The third kappa shape index (κ3) is 0.970. The smallest absolute Gasteiger partial charge is 0.127 e. The highest BCUT2D eigenvalue weighted by Crippen LogP contribution is 2.33. The van der Waals surface area contributed by atoms with Gasteiger partial charge >= 0.3 is 0 Å². The summed E-state index contributed by atoms with van der Waals surface area (Å²) >= 11 is 0. The fourth-order valence-electron chi connectivity index (χ4n) is 2.01. The molecule has 1 atom stereocenters. The highest BCUT2D eigenvalue weighted by atomic mass is 16.1. The summed E-state index contributed by atoms with van der Waals surface area (Å²) in [6, 6.07) is 6.23. The molecule has 1 unspecified atom stereocenters. The van der Waals surface area contributed by atoms with Crippen molar-refractivity contribution < 1.29 is 4.79 Å². The zero-order valence-corrected chi connectivity index (χ0v) is 7.21. The Labute approximate surface area is 72.4 Å². The molecule has 0 aromatic heterocycles. The van der Waals surface area contributed by atoms with Gasteiger partial charge in [0.1, 0.15) is 6.29 Å². The molecular weight excluding hydrogens is 148 g/mol. The second kappa shape index (κ2) is 2.74. The van der Waals surface area contributed by atoms with Crippen LogP contribution in [0.4, 0.5) is 0 Å². The monoisotopic (exact) mass is 160 g/mol. The zero-order chi connectivity index (χ0) is 8.55. The van der Waals surface area contributed by atoms with Gasteiger partial charge in [0.15, 0.2) is 0 Å². The molecule has 62 valence electrons. The largest absolute Gasteiger partial charge is 0.303 e. The van der Waals surface area contributed by atoms with Crippen molar-refractivity contribution in [1.82, 2.24) is 0 Å². The summed E-state index contributed by atoms with van der Waals surface area (Å²) < 4.78 is 0. The van der Waals surface area contributed by atoms with E-state index in [0.29, 0.717) is 0 Å². The molecule has 1 aromatic carbocycles. The van der Waals surface area contributed by atoms with Crippen LogP contribution in [0.25, 0.3) is 0 Å². The van der Waals surface area contributed by atoms with Crippen molar-refractivity contribution in [3.8, 4) is 0 Å². The molecule has 0 heterocycles. The van der Waals surface area contributed by atoms with Crippen LogP contribution in [-0.4, -0.2) is 6.29 Å². The predicted molar refractivity (Wildman–Crippen MR) is 48.3 cm³/mol. The van der Waals surface area contributed by atoms with Crippen LogP contribution < -0.4 is 0 Å². The minimum absolute atomic E-state index is 0.167. The number of aldehydes is 1. The fourth-order valence-corrected chi connectivity index (χ4v) is 2.01. The first-order valence-electron chi connectivity index (χ1n) is 4.36. The number of benzene rings is 1. The van der Waals surface area contributed by atoms with Crippen molar-refractivity contribution in [2.75, 3.05) is 0 Å². The lowest BCUT2D eigenvalue weighted by atomic mass is 10.0. The number of hydrogen-bond acceptors (Lipinski definition) is 1. The topological polar surface area (TPSA) is 17.1 Å². The Kier molecular flexibility index (Phi) is 1.72. The van der Waals surface area contributed by atoms with Gasteiger partial charge in [-0.15, -0.1) is 0 Å². The molecule has 0 fully saturated rings. The third-order valence-corrected chi connectivity index (χ3v) is 2.72. The second-order valence-corrected chi connectivity index (χ2v) is 3.42. The van der Waals surface area contributed by atoms with Gasteiger partial charge in [-0.05, 0) is 36.5 Å². The summed E-state index contributed by atoms with van der Waals surface area (Å²) in [6.45, 7) is 2.12. The lowest BCUT2D eigenvalue weighted by Gasteiger charge is -2.04. The van der Waals surface area contributed by atoms with Gasteiger partial charge in [0.05, 0.1) is 0 Å². The summed E-state index contributed by atoms with van der Waals surface area (Å²) in [4.78, 5) is 10.7. The molecule has 1 aliphatic rings. The van der Waals surface area contributed by atoms with Crippen LogP contribution in [0.5, 0.6) is 0 Å². The molecule has 0 bridgehead atoms. The van der Waals surface area contributed by atoms with E-state index in [-0.39, 0.29) is 5.92 Å². The number of carbonyl (C=O) groups excluding carboxylic acids is 1. The maximum Gasteiger partial charge on any atom is 0.127 e. The Morgan fingerprint density at radius 1 is 1.50 bits per heavy atom. The average molecular weight is 160 g/mol. The summed E-state index contributed by atoms with van der Waals surface area (Å²) in [6.07, 6.45) is 3.15. The van der Waals surface area contributed by atoms with Crippen LogP contribution in [0.3, 0.4) is 0 Å². The highest BCUT2D eigenvalue weighted by Gasteiger charge is 2.22. The van der Waals surface area contributed by atoms with Crippen LogP contribution >= 0.6 is 0 Å². The Bertz CT molecular complexity index is 315. The molecule has 0 amide bonds. The first kappa shape index (κ1) is 7.53. The fraction of sp³-hybridized carbons (Fsp3) is 0.364. The number of rotatable bonds is 1. The van der Waals surface area contributed by atoms with Gasteiger partial charge in [-0.25, -0.2) is 0 Å². The Hall–Kier alpha value is -1.11. The minimum Gasteiger partial charge on any atom is -0.303 e. The molecule has 0 saturated carbocycles. The van der Waals surface area contributed by atoms with Crippen molar-refractivity contribution in [1.29, 1.82) is 0 Å². The van der Waals surface area contributed by atoms with E-state index in [4.69, 9.17) is 0 Å². The Morgan fingerprint density at radius 2 is 2.33 bits per heavy atom. The molecule has 1 heteroatoms. The molecular formula is C11H12O. The molecule has 0 N–H and O–H groups in total. The molecule has 0 aliphatic heterocycles. The number of fused-ring (bicyclic) bond motifs is 1. The van der Waals surface area contributed by atoms with Gasteiger partial charge in [-0.1, -0.05) is 18.2 Å². The van der Waals surface area contributed by atoms with E-state index < -0.39 is 0 Å². The number of hydrogen-bond donors (Lipinski definition) is 0. The lowest BCUT2D eigenvalue weighted by Crippen LogP contribution is -1.93. The summed E-state index contributed by atoms with van der Waals surface area (Å²) in [7, 11) is 0. The van der Waals surface area contributed by atoms with Crippen LogP contribution in [0.15, 0.2) is 18.2 Å². The average Bonchev–Trinajstić information content (AvgIpc) is 2.49. The van der Waals surface area contributed by atoms with Gasteiger partial charge in [0.25, 0.3) is 0 Å². The number of carbonyl (C=O) groups is 1. The summed E-state index contributed by atoms with van der Waals surface area (Å²) in [5, 5.41) is 0. The van der Waals surface area contributed by atoms with E-state index in [1.165, 1.54) is 16.7 Å². The molecule has 2 rings (SSSR count). The van der Waals surface area contributed by atoms with Crippen LogP contribution in [0.1, 0.15) is 29.0 Å². The maximum absolute atomic E-state index is 10.7. The van der Waals surface area contributed by atoms with E-state index in [9.17, 15) is 4.79 Å². The van der Waals surface area contributed by atoms with Crippen molar-refractivity contribution in [3.63, 3.8) is 0 Å². The van der Waals surface area contributed by atoms with Gasteiger partial charge in [0.2, 0.25) is 0 Å². The molecule has 0 radical (unpaired) electrons. The maximum atomic E-state index is 10.7. The van der Waals surface area contributed by atoms with Gasteiger partial charge < -0.3 is 4.79 Å². The molecule has 0 saturated heterocycles. The standard InChI is InChI=1S/C11H12O/c1-8-3-2-4-11-9(7-12)5-6-10(8)11/h2-4,7,9H,5-6H2,1H3. The van der Waals surface area contributed by atoms with E-state index in [2.05, 4.69) is 19.1 Å². The van der Waals surface area contributed by atoms with Gasteiger partial charge in [-0.2, -0.15) is 0 Å². The molecule has 1 nitrogen and oxygen atoms in total. The highest BCUT2D eigenvalue weighted by molar-refractivity contribution is 5.65. The number of aryl methyl sites for hydroxylation is 1. The second-order valence-electron chi connectivity index (χ2n) is 3.42. The van der Waals surface area contributed by atoms with E-state index in [1.54, 1.807) is 0 Å². The third-order valence-electron chi connectivity index (χ3n) is 2.72. The molecule has 1 aromatic rings. The minimum atomic E-state index is 0.167. The predicted octanol–water partition coefficient (Wildman–Crippen LogP) is 2.22. The van der Waals surface area contributed by atoms with E-state index >= 15 is 0 Å².